The first-order valence-corrected chi connectivity index (χ1v) is 3.43. The molecule has 0 aliphatic heterocycles. The zero-order valence-corrected chi connectivity index (χ0v) is 6.44. The first kappa shape index (κ1) is 8.84. The molecule has 1 rings (SSSR count). The van der Waals surface area contributed by atoms with Gasteiger partial charge in [-0.2, -0.15) is 0 Å². The van der Waals surface area contributed by atoms with Crippen molar-refractivity contribution < 1.29 is 13.2 Å². The van der Waals surface area contributed by atoms with Crippen molar-refractivity contribution in [3.05, 3.63) is 41.2 Å². The topological polar surface area (TPSA) is 0 Å². The third-order valence-corrected chi connectivity index (χ3v) is 1.41. The van der Waals surface area contributed by atoms with E-state index in [1.165, 1.54) is 12.1 Å². The molecule has 0 fully saturated rings. The van der Waals surface area contributed by atoms with Crippen LogP contribution < -0.4 is 0 Å². The van der Waals surface area contributed by atoms with E-state index in [-0.39, 0.29) is 5.56 Å². The molecule has 0 saturated heterocycles. The summed E-state index contributed by atoms with van der Waals surface area (Å²) in [5.41, 5.74) is 0.0522. The summed E-state index contributed by atoms with van der Waals surface area (Å²) in [6.07, 6.45) is 2.92. The van der Waals surface area contributed by atoms with Crippen LogP contribution in [0.3, 0.4) is 0 Å². The fourth-order valence-corrected chi connectivity index (χ4v) is 0.849. The molecule has 0 amide bonds. The first-order chi connectivity index (χ1) is 5.66. The summed E-state index contributed by atoms with van der Waals surface area (Å²) in [5, 5.41) is 0. The van der Waals surface area contributed by atoms with E-state index in [0.717, 1.165) is 6.07 Å². The Kier molecular flexibility index (Phi) is 2.53. The van der Waals surface area contributed by atoms with E-state index in [2.05, 4.69) is 0 Å². The average Bonchev–Trinajstić information content (AvgIpc) is 2.07. The Morgan fingerprint density at radius 1 is 1.08 bits per heavy atom. The summed E-state index contributed by atoms with van der Waals surface area (Å²) < 4.78 is 37.7. The van der Waals surface area contributed by atoms with Crippen LogP contribution in [-0.2, 0) is 0 Å². The van der Waals surface area contributed by atoms with Gasteiger partial charge >= 0.3 is 0 Å². The molecule has 3 heteroatoms. The minimum atomic E-state index is -1.43. The minimum absolute atomic E-state index is 0.0522. The SMILES string of the molecule is CC=Cc1ccc(F)c(F)c1F. The van der Waals surface area contributed by atoms with Crippen LogP contribution in [0.15, 0.2) is 18.2 Å². The Bertz CT molecular complexity index is 316. The van der Waals surface area contributed by atoms with E-state index in [4.69, 9.17) is 0 Å². The van der Waals surface area contributed by atoms with Crippen molar-refractivity contribution in [2.45, 2.75) is 6.92 Å². The van der Waals surface area contributed by atoms with Gasteiger partial charge in [0.05, 0.1) is 0 Å². The molecule has 0 radical (unpaired) electrons. The largest absolute Gasteiger partial charge is 0.204 e. The molecule has 0 saturated carbocycles. The number of allylic oxidation sites excluding steroid dienone is 1. The number of benzene rings is 1. The lowest BCUT2D eigenvalue weighted by Gasteiger charge is -1.98. The summed E-state index contributed by atoms with van der Waals surface area (Å²) in [6.45, 7) is 1.67. The van der Waals surface area contributed by atoms with Gasteiger partial charge in [0.2, 0.25) is 0 Å². The Morgan fingerprint density at radius 2 is 1.75 bits per heavy atom. The summed E-state index contributed by atoms with van der Waals surface area (Å²) in [4.78, 5) is 0. The molecule has 0 aromatic heterocycles. The van der Waals surface area contributed by atoms with Crippen LogP contribution in [0.5, 0.6) is 0 Å². The third-order valence-electron chi connectivity index (χ3n) is 1.41. The van der Waals surface area contributed by atoms with Gasteiger partial charge in [-0.3, -0.25) is 0 Å². The van der Waals surface area contributed by atoms with Gasteiger partial charge in [0.25, 0.3) is 0 Å². The van der Waals surface area contributed by atoms with Crippen LogP contribution in [0.1, 0.15) is 12.5 Å². The highest BCUT2D eigenvalue weighted by Gasteiger charge is 2.10. The Morgan fingerprint density at radius 3 is 2.33 bits per heavy atom. The molecule has 1 aromatic carbocycles. The van der Waals surface area contributed by atoms with Gasteiger partial charge in [0, 0.05) is 5.56 Å². The molecule has 64 valence electrons. The number of rotatable bonds is 1. The van der Waals surface area contributed by atoms with Crippen LogP contribution in [0.25, 0.3) is 6.08 Å². The van der Waals surface area contributed by atoms with Crippen molar-refractivity contribution in [3.8, 4) is 0 Å². The van der Waals surface area contributed by atoms with Gasteiger partial charge in [-0.15, -0.1) is 0 Å². The predicted molar refractivity (Wildman–Crippen MR) is 41.0 cm³/mol. The molecule has 12 heavy (non-hydrogen) atoms. The van der Waals surface area contributed by atoms with Gasteiger partial charge in [-0.1, -0.05) is 12.2 Å². The second-order valence-corrected chi connectivity index (χ2v) is 2.26. The average molecular weight is 172 g/mol. The second-order valence-electron chi connectivity index (χ2n) is 2.26. The lowest BCUT2D eigenvalue weighted by molar-refractivity contribution is 0.446. The monoisotopic (exact) mass is 172 g/mol. The summed E-state index contributed by atoms with van der Waals surface area (Å²) >= 11 is 0. The van der Waals surface area contributed by atoms with Crippen molar-refractivity contribution in [1.29, 1.82) is 0 Å². The Balaban J connectivity index is 3.26. The van der Waals surface area contributed by atoms with Crippen molar-refractivity contribution in [2.75, 3.05) is 0 Å². The number of hydrogen-bond acceptors (Lipinski definition) is 0. The molecule has 0 atom stereocenters. The standard InChI is InChI=1S/C9H7F3/c1-2-3-6-4-5-7(10)9(12)8(6)11/h2-5H,1H3. The highest BCUT2D eigenvalue weighted by atomic mass is 19.2. The van der Waals surface area contributed by atoms with E-state index in [9.17, 15) is 13.2 Å². The first-order valence-electron chi connectivity index (χ1n) is 3.43. The molecular weight excluding hydrogens is 165 g/mol. The smallest absolute Gasteiger partial charge is 0.195 e. The molecular formula is C9H7F3. The molecule has 0 N–H and O–H groups in total. The molecule has 0 unspecified atom stereocenters. The highest BCUT2D eigenvalue weighted by molar-refractivity contribution is 5.49. The van der Waals surface area contributed by atoms with Crippen LogP contribution in [0.2, 0.25) is 0 Å². The predicted octanol–water partition coefficient (Wildman–Crippen LogP) is 3.14. The van der Waals surface area contributed by atoms with Crippen molar-refractivity contribution in [2.24, 2.45) is 0 Å². The van der Waals surface area contributed by atoms with Gasteiger partial charge in [0.1, 0.15) is 0 Å². The normalized spacial score (nSPS) is 11.0. The van der Waals surface area contributed by atoms with E-state index < -0.39 is 17.5 Å². The fourth-order valence-electron chi connectivity index (χ4n) is 0.849. The zero-order chi connectivity index (χ0) is 9.14. The van der Waals surface area contributed by atoms with E-state index >= 15 is 0 Å². The molecule has 0 aliphatic carbocycles. The summed E-state index contributed by atoms with van der Waals surface area (Å²) in [7, 11) is 0. The summed E-state index contributed by atoms with van der Waals surface area (Å²) in [5.74, 6) is -3.74. The minimum Gasteiger partial charge on any atom is -0.204 e. The maximum absolute atomic E-state index is 12.8. The van der Waals surface area contributed by atoms with Gasteiger partial charge in [-0.05, 0) is 19.1 Å². The Hall–Kier alpha value is -1.25. The maximum atomic E-state index is 12.8. The van der Waals surface area contributed by atoms with Crippen LogP contribution in [-0.4, -0.2) is 0 Å². The van der Waals surface area contributed by atoms with Gasteiger partial charge < -0.3 is 0 Å². The summed E-state index contributed by atoms with van der Waals surface area (Å²) in [6, 6.07) is 2.08. The maximum Gasteiger partial charge on any atom is 0.195 e. The molecule has 0 heterocycles. The molecule has 0 bridgehead atoms. The van der Waals surface area contributed by atoms with E-state index in [1.54, 1.807) is 13.0 Å². The lowest BCUT2D eigenvalue weighted by atomic mass is 10.2. The van der Waals surface area contributed by atoms with Gasteiger partial charge in [0.15, 0.2) is 17.5 Å². The number of halogens is 3. The van der Waals surface area contributed by atoms with Crippen LogP contribution >= 0.6 is 0 Å². The zero-order valence-electron chi connectivity index (χ0n) is 6.44. The van der Waals surface area contributed by atoms with Crippen molar-refractivity contribution >= 4 is 6.08 Å². The number of hydrogen-bond donors (Lipinski definition) is 0. The Labute approximate surface area is 68.3 Å². The lowest BCUT2D eigenvalue weighted by Crippen LogP contribution is -1.92. The second kappa shape index (κ2) is 3.43. The van der Waals surface area contributed by atoms with Crippen LogP contribution in [0.4, 0.5) is 13.2 Å². The van der Waals surface area contributed by atoms with Gasteiger partial charge in [-0.25, -0.2) is 13.2 Å². The third kappa shape index (κ3) is 1.49. The highest BCUT2D eigenvalue weighted by Crippen LogP contribution is 2.15. The molecule has 0 spiro atoms. The molecule has 0 aliphatic rings. The van der Waals surface area contributed by atoms with Crippen LogP contribution in [0, 0.1) is 17.5 Å². The molecule has 0 nitrogen and oxygen atoms in total. The molecule has 1 aromatic rings. The van der Waals surface area contributed by atoms with E-state index in [1.807, 2.05) is 0 Å². The van der Waals surface area contributed by atoms with Crippen molar-refractivity contribution in [1.82, 2.24) is 0 Å². The quantitative estimate of drug-likeness (QED) is 0.571. The van der Waals surface area contributed by atoms with Crippen molar-refractivity contribution in [3.63, 3.8) is 0 Å². The fraction of sp³-hybridized carbons (Fsp3) is 0.111. The van der Waals surface area contributed by atoms with E-state index in [0.29, 0.717) is 0 Å².